The van der Waals surface area contributed by atoms with Crippen LogP contribution in [0, 0.1) is 12.8 Å². The van der Waals surface area contributed by atoms with Gasteiger partial charge in [-0.3, -0.25) is 0 Å². The molecule has 0 saturated carbocycles. The number of piperidine rings is 1. The van der Waals surface area contributed by atoms with Gasteiger partial charge in [-0.2, -0.15) is 4.31 Å². The lowest BCUT2D eigenvalue weighted by molar-refractivity contribution is 0.233. The predicted octanol–water partition coefficient (Wildman–Crippen LogP) is 0.881. The van der Waals surface area contributed by atoms with Gasteiger partial charge in [0.15, 0.2) is 5.03 Å². The molecule has 7 heteroatoms. The normalized spacial score (nSPS) is 25.5. The Morgan fingerprint density at radius 1 is 1.29 bits per heavy atom. The second-order valence-electron chi connectivity index (χ2n) is 6.18. The van der Waals surface area contributed by atoms with Crippen LogP contribution in [0.3, 0.4) is 0 Å². The Kier molecular flexibility index (Phi) is 4.07. The standard InChI is InChI=1S/C14H24N4O2S/c1-11-16-14(10-17(11)2)21(19,20)18-8-5-12(6-9-18)13-4-3-7-15-13/h10,12-13,15H,3-9H2,1-2H3. The van der Waals surface area contributed by atoms with Crippen LogP contribution in [-0.4, -0.2) is 48.0 Å². The van der Waals surface area contributed by atoms with Gasteiger partial charge in [-0.05, 0) is 45.1 Å². The summed E-state index contributed by atoms with van der Waals surface area (Å²) in [6.07, 6.45) is 5.98. The monoisotopic (exact) mass is 312 g/mol. The Morgan fingerprint density at radius 3 is 2.52 bits per heavy atom. The Labute approximate surface area is 126 Å². The third-order valence-corrected chi connectivity index (χ3v) is 6.63. The van der Waals surface area contributed by atoms with E-state index in [-0.39, 0.29) is 5.03 Å². The number of aromatic nitrogens is 2. The third kappa shape index (κ3) is 2.86. The minimum Gasteiger partial charge on any atom is -0.337 e. The topological polar surface area (TPSA) is 67.2 Å². The van der Waals surface area contributed by atoms with Crippen LogP contribution >= 0.6 is 0 Å². The van der Waals surface area contributed by atoms with Gasteiger partial charge in [-0.1, -0.05) is 0 Å². The highest BCUT2D eigenvalue weighted by molar-refractivity contribution is 7.89. The minimum atomic E-state index is -3.43. The molecule has 2 fully saturated rings. The Hall–Kier alpha value is -0.920. The van der Waals surface area contributed by atoms with Crippen molar-refractivity contribution >= 4 is 10.0 Å². The summed E-state index contributed by atoms with van der Waals surface area (Å²) in [6, 6.07) is 0.590. The van der Waals surface area contributed by atoms with E-state index in [9.17, 15) is 8.42 Å². The maximum atomic E-state index is 12.6. The van der Waals surface area contributed by atoms with Gasteiger partial charge in [0.05, 0.1) is 0 Å². The number of hydrogen-bond donors (Lipinski definition) is 1. The first-order valence-corrected chi connectivity index (χ1v) is 9.16. The molecule has 1 aromatic heterocycles. The first kappa shape index (κ1) is 15.0. The van der Waals surface area contributed by atoms with Crippen LogP contribution in [0.2, 0.25) is 0 Å². The molecule has 0 amide bonds. The highest BCUT2D eigenvalue weighted by Crippen LogP contribution is 2.28. The van der Waals surface area contributed by atoms with Crippen molar-refractivity contribution in [3.63, 3.8) is 0 Å². The van der Waals surface area contributed by atoms with E-state index in [0.717, 1.165) is 25.2 Å². The Balaban J connectivity index is 1.68. The van der Waals surface area contributed by atoms with Gasteiger partial charge in [-0.15, -0.1) is 0 Å². The van der Waals surface area contributed by atoms with Gasteiger partial charge in [0, 0.05) is 32.4 Å². The van der Waals surface area contributed by atoms with Crippen molar-refractivity contribution in [2.45, 2.75) is 43.7 Å². The quantitative estimate of drug-likeness (QED) is 0.900. The fraction of sp³-hybridized carbons (Fsp3) is 0.786. The summed E-state index contributed by atoms with van der Waals surface area (Å²) < 4.78 is 28.6. The van der Waals surface area contributed by atoms with Gasteiger partial charge in [0.2, 0.25) is 0 Å². The maximum absolute atomic E-state index is 12.6. The average molecular weight is 312 g/mol. The molecule has 0 radical (unpaired) electrons. The zero-order chi connectivity index (χ0) is 15.0. The minimum absolute atomic E-state index is 0.181. The molecule has 1 N–H and O–H groups in total. The van der Waals surface area contributed by atoms with Gasteiger partial charge < -0.3 is 9.88 Å². The number of nitrogens with one attached hydrogen (secondary N) is 1. The molecule has 3 heterocycles. The van der Waals surface area contributed by atoms with Crippen molar-refractivity contribution in [1.82, 2.24) is 19.2 Å². The molecule has 21 heavy (non-hydrogen) atoms. The van der Waals surface area contributed by atoms with Crippen LogP contribution in [-0.2, 0) is 17.1 Å². The number of sulfonamides is 1. The summed E-state index contributed by atoms with van der Waals surface area (Å²) in [4.78, 5) is 4.17. The Bertz CT molecular complexity index is 577. The first-order chi connectivity index (χ1) is 9.98. The van der Waals surface area contributed by atoms with E-state index in [1.54, 1.807) is 15.1 Å². The smallest absolute Gasteiger partial charge is 0.262 e. The zero-order valence-electron chi connectivity index (χ0n) is 12.7. The lowest BCUT2D eigenvalue weighted by Crippen LogP contribution is -2.43. The van der Waals surface area contributed by atoms with E-state index >= 15 is 0 Å². The van der Waals surface area contributed by atoms with Crippen LogP contribution in [0.1, 0.15) is 31.5 Å². The van der Waals surface area contributed by atoms with Crippen LogP contribution < -0.4 is 5.32 Å². The molecule has 0 aliphatic carbocycles. The summed E-state index contributed by atoms with van der Waals surface area (Å²) in [7, 11) is -1.61. The van der Waals surface area contributed by atoms with Gasteiger partial charge in [0.25, 0.3) is 10.0 Å². The molecule has 2 saturated heterocycles. The van der Waals surface area contributed by atoms with Gasteiger partial charge >= 0.3 is 0 Å². The molecule has 6 nitrogen and oxygen atoms in total. The summed E-state index contributed by atoms with van der Waals surface area (Å²) in [5.74, 6) is 1.34. The molecular formula is C14H24N4O2S. The summed E-state index contributed by atoms with van der Waals surface area (Å²) in [6.45, 7) is 4.15. The van der Waals surface area contributed by atoms with Crippen LogP contribution in [0.5, 0.6) is 0 Å². The summed E-state index contributed by atoms with van der Waals surface area (Å²) in [5.41, 5.74) is 0. The highest BCUT2D eigenvalue weighted by atomic mass is 32.2. The molecule has 2 aliphatic heterocycles. The first-order valence-electron chi connectivity index (χ1n) is 7.72. The Morgan fingerprint density at radius 2 is 2.00 bits per heavy atom. The molecule has 2 aliphatic rings. The summed E-state index contributed by atoms with van der Waals surface area (Å²) >= 11 is 0. The highest BCUT2D eigenvalue weighted by Gasteiger charge is 2.34. The lowest BCUT2D eigenvalue weighted by atomic mass is 9.89. The van der Waals surface area contributed by atoms with E-state index in [1.807, 2.05) is 14.0 Å². The number of aryl methyl sites for hydroxylation is 2. The maximum Gasteiger partial charge on any atom is 0.262 e. The number of hydrogen-bond acceptors (Lipinski definition) is 4. The second-order valence-corrected chi connectivity index (χ2v) is 8.07. The van der Waals surface area contributed by atoms with Crippen molar-refractivity contribution in [2.75, 3.05) is 19.6 Å². The largest absolute Gasteiger partial charge is 0.337 e. The predicted molar refractivity (Wildman–Crippen MR) is 80.5 cm³/mol. The number of imidazole rings is 1. The fourth-order valence-electron chi connectivity index (χ4n) is 3.42. The molecule has 0 bridgehead atoms. The van der Waals surface area contributed by atoms with Crippen molar-refractivity contribution in [1.29, 1.82) is 0 Å². The molecule has 1 unspecified atom stereocenters. The van der Waals surface area contributed by atoms with Crippen molar-refractivity contribution < 1.29 is 8.42 Å². The molecule has 1 aromatic rings. The van der Waals surface area contributed by atoms with Crippen LogP contribution in [0.4, 0.5) is 0 Å². The van der Waals surface area contributed by atoms with Gasteiger partial charge in [0.1, 0.15) is 5.82 Å². The molecule has 0 spiro atoms. The van der Waals surface area contributed by atoms with E-state index in [4.69, 9.17) is 0 Å². The third-order valence-electron chi connectivity index (χ3n) is 4.86. The molecule has 118 valence electrons. The van der Waals surface area contributed by atoms with E-state index in [0.29, 0.717) is 25.0 Å². The number of rotatable bonds is 3. The van der Waals surface area contributed by atoms with Crippen LogP contribution in [0.25, 0.3) is 0 Å². The van der Waals surface area contributed by atoms with Crippen molar-refractivity contribution in [3.05, 3.63) is 12.0 Å². The SMILES string of the molecule is Cc1nc(S(=O)(=O)N2CCC(C3CCCN3)CC2)cn1C. The fourth-order valence-corrected chi connectivity index (χ4v) is 4.91. The second kappa shape index (κ2) is 5.70. The van der Waals surface area contributed by atoms with E-state index < -0.39 is 10.0 Å². The van der Waals surface area contributed by atoms with E-state index in [1.165, 1.54) is 12.8 Å². The number of nitrogens with zero attached hydrogens (tertiary/aromatic N) is 3. The van der Waals surface area contributed by atoms with Gasteiger partial charge in [-0.25, -0.2) is 13.4 Å². The summed E-state index contributed by atoms with van der Waals surface area (Å²) in [5, 5.41) is 3.72. The van der Waals surface area contributed by atoms with Crippen molar-refractivity contribution in [3.8, 4) is 0 Å². The average Bonchev–Trinajstić information content (AvgIpc) is 3.10. The van der Waals surface area contributed by atoms with Crippen LogP contribution in [0.15, 0.2) is 11.2 Å². The van der Waals surface area contributed by atoms with E-state index in [2.05, 4.69) is 10.3 Å². The molecule has 1 atom stereocenters. The van der Waals surface area contributed by atoms with Crippen molar-refractivity contribution in [2.24, 2.45) is 13.0 Å². The molecular weight excluding hydrogens is 288 g/mol. The zero-order valence-corrected chi connectivity index (χ0v) is 13.6. The molecule has 3 rings (SSSR count). The lowest BCUT2D eigenvalue weighted by Gasteiger charge is -2.33. The molecule has 0 aromatic carbocycles.